The number of allylic oxidation sites excluding steroid dienone is 2. The molecule has 0 fully saturated rings. The first-order chi connectivity index (χ1) is 5.58. The summed E-state index contributed by atoms with van der Waals surface area (Å²) >= 11 is 0. The maximum atomic E-state index is 11.3. The van der Waals surface area contributed by atoms with Crippen molar-refractivity contribution >= 4 is 7.60 Å². The zero-order valence-electron chi connectivity index (χ0n) is 7.75. The first-order valence-electron chi connectivity index (χ1n) is 3.45. The summed E-state index contributed by atoms with van der Waals surface area (Å²) in [6.45, 7) is 3.68. The summed E-state index contributed by atoms with van der Waals surface area (Å²) in [6.07, 6.45) is 1.82. The van der Waals surface area contributed by atoms with Gasteiger partial charge in [-0.25, -0.2) is 4.57 Å². The molecule has 0 unspecified atom stereocenters. The van der Waals surface area contributed by atoms with Crippen LogP contribution in [0, 0.1) is 11.6 Å². The van der Waals surface area contributed by atoms with Gasteiger partial charge in [0, 0.05) is 19.9 Å². The summed E-state index contributed by atoms with van der Waals surface area (Å²) in [5.41, 5.74) is 3.28. The molecule has 3 nitrogen and oxygen atoms in total. The van der Waals surface area contributed by atoms with Crippen LogP contribution in [0.2, 0.25) is 0 Å². The maximum Gasteiger partial charge on any atom is 0.405 e. The van der Waals surface area contributed by atoms with Crippen LogP contribution in [0.5, 0.6) is 0 Å². The van der Waals surface area contributed by atoms with Crippen molar-refractivity contribution in [1.29, 1.82) is 0 Å². The second kappa shape index (κ2) is 5.16. The van der Waals surface area contributed by atoms with Gasteiger partial charge in [-0.15, -0.1) is 0 Å². The summed E-state index contributed by atoms with van der Waals surface area (Å²) in [4.78, 5) is 0. The second-order valence-corrected chi connectivity index (χ2v) is 4.02. The van der Waals surface area contributed by atoms with Gasteiger partial charge in [-0.05, 0) is 19.4 Å². The molecule has 0 aliphatic heterocycles. The van der Waals surface area contributed by atoms with Crippen molar-refractivity contribution in [1.82, 2.24) is 0 Å². The van der Waals surface area contributed by atoms with Gasteiger partial charge in [0.2, 0.25) is 0 Å². The predicted octanol–water partition coefficient (Wildman–Crippen LogP) is 2.40. The number of hydrogen-bond donors (Lipinski definition) is 0. The van der Waals surface area contributed by atoms with Gasteiger partial charge in [0.15, 0.2) is 0 Å². The van der Waals surface area contributed by atoms with Crippen LogP contribution in [-0.4, -0.2) is 14.2 Å². The highest BCUT2D eigenvalue weighted by atomic mass is 31.2. The highest BCUT2D eigenvalue weighted by Crippen LogP contribution is 2.44. The summed E-state index contributed by atoms with van der Waals surface area (Å²) in [7, 11) is -0.531. The van der Waals surface area contributed by atoms with Gasteiger partial charge in [-0.1, -0.05) is 12.0 Å². The van der Waals surface area contributed by atoms with Crippen LogP contribution in [0.25, 0.3) is 0 Å². The Morgan fingerprint density at radius 2 is 1.92 bits per heavy atom. The van der Waals surface area contributed by atoms with E-state index in [2.05, 4.69) is 20.6 Å². The summed E-state index contributed by atoms with van der Waals surface area (Å²) < 4.78 is 20.6. The first kappa shape index (κ1) is 11.4. The number of hydrogen-bond acceptors (Lipinski definition) is 3. The largest absolute Gasteiger partial charge is 0.405 e. The summed E-state index contributed by atoms with van der Waals surface area (Å²) in [6, 6.07) is 0. The van der Waals surface area contributed by atoms with E-state index in [-0.39, 0.29) is 0 Å². The van der Waals surface area contributed by atoms with Crippen molar-refractivity contribution < 1.29 is 13.6 Å². The predicted molar refractivity (Wildman–Crippen MR) is 48.8 cm³/mol. The highest BCUT2D eigenvalue weighted by molar-refractivity contribution is 7.59. The molecule has 0 atom stereocenters. The molecule has 0 aliphatic rings. The lowest BCUT2D eigenvalue weighted by Gasteiger charge is -2.03. The number of rotatable bonds is 2. The van der Waals surface area contributed by atoms with Crippen LogP contribution in [-0.2, 0) is 13.6 Å². The van der Waals surface area contributed by atoms with Crippen molar-refractivity contribution in [2.75, 3.05) is 14.2 Å². The third-order valence-corrected chi connectivity index (χ3v) is 2.65. The van der Waals surface area contributed by atoms with Crippen molar-refractivity contribution in [3.05, 3.63) is 11.6 Å². The minimum atomic E-state index is -3.15. The van der Waals surface area contributed by atoms with Gasteiger partial charge in [-0.3, -0.25) is 0 Å². The Labute approximate surface area is 73.3 Å². The van der Waals surface area contributed by atoms with E-state index in [0.717, 1.165) is 5.57 Å². The minimum Gasteiger partial charge on any atom is -0.303 e. The fourth-order valence-corrected chi connectivity index (χ4v) is 1.04. The Balaban J connectivity index is 4.58. The normalized spacial score (nSPS) is 12.2. The lowest BCUT2D eigenvalue weighted by Crippen LogP contribution is -1.83. The fraction of sp³-hybridized carbons (Fsp3) is 0.500. The molecular formula is C8H13O3P. The molecule has 0 heterocycles. The van der Waals surface area contributed by atoms with E-state index in [1.165, 1.54) is 14.2 Å². The molecule has 0 N–H and O–H groups in total. The van der Waals surface area contributed by atoms with Gasteiger partial charge >= 0.3 is 7.60 Å². The average Bonchev–Trinajstić information content (AvgIpc) is 2.13. The molecule has 0 saturated carbocycles. The standard InChI is InChI=1S/C8H13O3P/c1-5-8(2)6-7-12(9,10-3)11-4/h5H,1-4H3. The van der Waals surface area contributed by atoms with E-state index in [9.17, 15) is 4.57 Å². The minimum absolute atomic E-state index is 0.837. The topological polar surface area (TPSA) is 35.5 Å². The Kier molecular flexibility index (Phi) is 4.92. The van der Waals surface area contributed by atoms with Crippen LogP contribution in [0.3, 0.4) is 0 Å². The molecular weight excluding hydrogens is 175 g/mol. The third kappa shape index (κ3) is 3.73. The molecule has 0 spiro atoms. The van der Waals surface area contributed by atoms with Crippen LogP contribution < -0.4 is 0 Å². The van der Waals surface area contributed by atoms with Gasteiger partial charge in [0.25, 0.3) is 0 Å². The molecule has 68 valence electrons. The van der Waals surface area contributed by atoms with Gasteiger partial charge in [0.1, 0.15) is 0 Å². The average molecular weight is 188 g/mol. The maximum absolute atomic E-state index is 11.3. The van der Waals surface area contributed by atoms with E-state index in [4.69, 9.17) is 0 Å². The smallest absolute Gasteiger partial charge is 0.303 e. The van der Waals surface area contributed by atoms with Crippen molar-refractivity contribution in [3.63, 3.8) is 0 Å². The lowest BCUT2D eigenvalue weighted by atomic mass is 10.3. The molecule has 0 rings (SSSR count). The monoisotopic (exact) mass is 188 g/mol. The van der Waals surface area contributed by atoms with Gasteiger partial charge < -0.3 is 9.05 Å². The van der Waals surface area contributed by atoms with E-state index in [0.29, 0.717) is 0 Å². The SMILES string of the molecule is CC=C(C)C#CP(=O)(OC)OC. The van der Waals surface area contributed by atoms with Gasteiger partial charge in [0.05, 0.1) is 0 Å². The van der Waals surface area contributed by atoms with Crippen molar-refractivity contribution in [2.24, 2.45) is 0 Å². The molecule has 0 aromatic rings. The summed E-state index contributed by atoms with van der Waals surface area (Å²) in [5.74, 6) is 2.67. The Hall–Kier alpha value is -0.550. The van der Waals surface area contributed by atoms with E-state index >= 15 is 0 Å². The van der Waals surface area contributed by atoms with E-state index in [1.54, 1.807) is 0 Å². The van der Waals surface area contributed by atoms with Gasteiger partial charge in [-0.2, -0.15) is 0 Å². The fourth-order valence-electron chi connectivity index (χ4n) is 0.395. The van der Waals surface area contributed by atoms with E-state index in [1.807, 2.05) is 19.9 Å². The van der Waals surface area contributed by atoms with Crippen LogP contribution in [0.15, 0.2) is 11.6 Å². The molecule has 0 radical (unpaired) electrons. The van der Waals surface area contributed by atoms with Crippen molar-refractivity contribution in [2.45, 2.75) is 13.8 Å². The first-order valence-corrected chi connectivity index (χ1v) is 5.00. The highest BCUT2D eigenvalue weighted by Gasteiger charge is 2.15. The zero-order valence-corrected chi connectivity index (χ0v) is 8.64. The Morgan fingerprint density at radius 3 is 2.25 bits per heavy atom. The zero-order chi connectivity index (χ0) is 9.61. The summed E-state index contributed by atoms with van der Waals surface area (Å²) in [5, 5.41) is 0. The molecule has 12 heavy (non-hydrogen) atoms. The van der Waals surface area contributed by atoms with Crippen LogP contribution >= 0.6 is 7.60 Å². The third-order valence-electron chi connectivity index (χ3n) is 1.30. The molecule has 0 aliphatic carbocycles. The van der Waals surface area contributed by atoms with E-state index < -0.39 is 7.60 Å². The molecule has 0 aromatic heterocycles. The molecule has 0 aromatic carbocycles. The van der Waals surface area contributed by atoms with Crippen LogP contribution in [0.1, 0.15) is 13.8 Å². The Morgan fingerprint density at radius 1 is 1.42 bits per heavy atom. The molecule has 0 saturated heterocycles. The second-order valence-electron chi connectivity index (χ2n) is 2.07. The van der Waals surface area contributed by atoms with Crippen LogP contribution in [0.4, 0.5) is 0 Å². The quantitative estimate of drug-likeness (QED) is 0.493. The van der Waals surface area contributed by atoms with Crippen molar-refractivity contribution in [3.8, 4) is 11.6 Å². The Bertz CT molecular complexity index is 262. The molecule has 4 heteroatoms. The molecule has 0 bridgehead atoms. The molecule has 0 amide bonds. The lowest BCUT2D eigenvalue weighted by molar-refractivity contribution is 0.288.